The van der Waals surface area contributed by atoms with Crippen molar-refractivity contribution in [3.05, 3.63) is 28.8 Å². The number of benzene rings is 1. The Morgan fingerprint density at radius 3 is 2.80 bits per heavy atom. The minimum Gasteiger partial charge on any atom is -0.490 e. The van der Waals surface area contributed by atoms with E-state index in [9.17, 15) is 5.11 Å². The quantitative estimate of drug-likeness (QED) is 0.855. The first-order valence-electron chi connectivity index (χ1n) is 7.75. The highest BCUT2D eigenvalue weighted by atomic mass is 16.5. The number of likely N-dealkylation sites (tertiary alicyclic amines) is 1. The summed E-state index contributed by atoms with van der Waals surface area (Å²) in [7, 11) is 0. The van der Waals surface area contributed by atoms with Crippen molar-refractivity contribution in [3.63, 3.8) is 0 Å². The minimum atomic E-state index is -0.426. The zero-order chi connectivity index (χ0) is 14.3. The molecule has 0 spiro atoms. The molecule has 0 aromatic heterocycles. The first-order chi connectivity index (χ1) is 9.58. The number of nitrogens with zero attached hydrogens (tertiary/aromatic N) is 1. The average Bonchev–Trinajstić information content (AvgIpc) is 2.40. The Labute approximate surface area is 121 Å². The number of hydrogen-bond acceptors (Lipinski definition) is 3. The maximum absolute atomic E-state index is 10.5. The van der Waals surface area contributed by atoms with Gasteiger partial charge in [0.05, 0.1) is 6.04 Å². The van der Waals surface area contributed by atoms with Crippen molar-refractivity contribution in [2.24, 2.45) is 0 Å². The van der Waals surface area contributed by atoms with E-state index in [1.165, 1.54) is 36.0 Å². The Bertz CT molecular complexity index is 500. The van der Waals surface area contributed by atoms with Crippen LogP contribution in [0.1, 0.15) is 48.9 Å². The fourth-order valence-corrected chi connectivity index (χ4v) is 3.82. The van der Waals surface area contributed by atoms with Crippen LogP contribution in [0.2, 0.25) is 0 Å². The van der Waals surface area contributed by atoms with Crippen molar-refractivity contribution in [1.29, 1.82) is 0 Å². The van der Waals surface area contributed by atoms with E-state index in [0.717, 1.165) is 12.3 Å². The third-order valence-electron chi connectivity index (χ3n) is 4.77. The van der Waals surface area contributed by atoms with Crippen LogP contribution in [0.3, 0.4) is 0 Å². The summed E-state index contributed by atoms with van der Waals surface area (Å²) in [5.74, 6) is 0.968. The van der Waals surface area contributed by atoms with E-state index in [2.05, 4.69) is 37.8 Å². The van der Waals surface area contributed by atoms with E-state index in [4.69, 9.17) is 4.74 Å². The van der Waals surface area contributed by atoms with Crippen LogP contribution in [0, 0.1) is 13.8 Å². The van der Waals surface area contributed by atoms with Crippen molar-refractivity contribution in [1.82, 2.24) is 4.90 Å². The first-order valence-corrected chi connectivity index (χ1v) is 7.75. The Kier molecular flexibility index (Phi) is 3.74. The van der Waals surface area contributed by atoms with Crippen LogP contribution < -0.4 is 4.74 Å². The van der Waals surface area contributed by atoms with Crippen molar-refractivity contribution in [2.75, 3.05) is 13.2 Å². The Morgan fingerprint density at radius 1 is 1.25 bits per heavy atom. The molecule has 2 aliphatic heterocycles. The SMILES string of the molecule is Cc1cc(C)c2c(c1)OCC(O)C2N1CCCCC1C. The van der Waals surface area contributed by atoms with Gasteiger partial charge >= 0.3 is 0 Å². The highest BCUT2D eigenvalue weighted by Gasteiger charge is 2.38. The van der Waals surface area contributed by atoms with Gasteiger partial charge in [0.15, 0.2) is 0 Å². The fraction of sp³-hybridized carbons (Fsp3) is 0.647. The van der Waals surface area contributed by atoms with Gasteiger partial charge in [-0.3, -0.25) is 4.90 Å². The smallest absolute Gasteiger partial charge is 0.124 e. The summed E-state index contributed by atoms with van der Waals surface area (Å²) in [4.78, 5) is 2.48. The van der Waals surface area contributed by atoms with E-state index in [-0.39, 0.29) is 6.04 Å². The molecule has 3 rings (SSSR count). The van der Waals surface area contributed by atoms with Gasteiger partial charge in [-0.05, 0) is 57.4 Å². The van der Waals surface area contributed by atoms with Crippen LogP contribution in [0.25, 0.3) is 0 Å². The standard InChI is InChI=1S/C17H25NO2/c1-11-8-12(2)16-15(9-11)20-10-14(19)17(16)18-7-5-4-6-13(18)3/h8-9,13-14,17,19H,4-7,10H2,1-3H3. The fourth-order valence-electron chi connectivity index (χ4n) is 3.82. The third kappa shape index (κ3) is 2.33. The molecular weight excluding hydrogens is 250 g/mol. The number of rotatable bonds is 1. The molecule has 1 aromatic rings. The number of aliphatic hydroxyl groups excluding tert-OH is 1. The van der Waals surface area contributed by atoms with Crippen LogP contribution in [0.5, 0.6) is 5.75 Å². The van der Waals surface area contributed by atoms with Crippen LogP contribution in [-0.2, 0) is 0 Å². The first kappa shape index (κ1) is 13.9. The molecule has 1 aromatic carbocycles. The molecule has 2 heterocycles. The highest BCUT2D eigenvalue weighted by molar-refractivity contribution is 5.47. The van der Waals surface area contributed by atoms with Gasteiger partial charge in [-0.15, -0.1) is 0 Å². The predicted octanol–water partition coefficient (Wildman–Crippen LogP) is 2.97. The summed E-state index contributed by atoms with van der Waals surface area (Å²) >= 11 is 0. The topological polar surface area (TPSA) is 32.7 Å². The molecule has 1 N–H and O–H groups in total. The Morgan fingerprint density at radius 2 is 2.05 bits per heavy atom. The summed E-state index contributed by atoms with van der Waals surface area (Å²) < 4.78 is 5.78. The van der Waals surface area contributed by atoms with Gasteiger partial charge in [-0.25, -0.2) is 0 Å². The van der Waals surface area contributed by atoms with Crippen LogP contribution in [0.4, 0.5) is 0 Å². The maximum Gasteiger partial charge on any atom is 0.124 e. The second-order valence-corrected chi connectivity index (χ2v) is 6.40. The van der Waals surface area contributed by atoms with Gasteiger partial charge in [0.2, 0.25) is 0 Å². The lowest BCUT2D eigenvalue weighted by molar-refractivity contribution is -0.0251. The lowest BCUT2D eigenvalue weighted by Gasteiger charge is -2.44. The molecule has 110 valence electrons. The van der Waals surface area contributed by atoms with E-state index < -0.39 is 6.10 Å². The molecule has 0 bridgehead atoms. The van der Waals surface area contributed by atoms with E-state index in [0.29, 0.717) is 12.6 Å². The molecule has 0 radical (unpaired) electrons. The number of piperidine rings is 1. The third-order valence-corrected chi connectivity index (χ3v) is 4.77. The largest absolute Gasteiger partial charge is 0.490 e. The molecule has 0 saturated carbocycles. The van der Waals surface area contributed by atoms with Crippen LogP contribution >= 0.6 is 0 Å². The normalized spacial score (nSPS) is 30.7. The van der Waals surface area contributed by atoms with Gasteiger partial charge in [0.1, 0.15) is 18.5 Å². The molecule has 0 amide bonds. The number of ether oxygens (including phenoxy) is 1. The molecule has 3 heteroatoms. The second-order valence-electron chi connectivity index (χ2n) is 6.40. The number of aryl methyl sites for hydroxylation is 2. The molecule has 1 saturated heterocycles. The number of fused-ring (bicyclic) bond motifs is 1. The lowest BCUT2D eigenvalue weighted by atomic mass is 9.88. The van der Waals surface area contributed by atoms with Gasteiger partial charge in [-0.1, -0.05) is 12.5 Å². The van der Waals surface area contributed by atoms with E-state index >= 15 is 0 Å². The molecule has 2 aliphatic rings. The summed E-state index contributed by atoms with van der Waals surface area (Å²) in [6.07, 6.45) is 3.33. The molecule has 20 heavy (non-hydrogen) atoms. The van der Waals surface area contributed by atoms with Gasteiger partial charge in [-0.2, -0.15) is 0 Å². The van der Waals surface area contributed by atoms with Crippen molar-refractivity contribution in [3.8, 4) is 5.75 Å². The predicted molar refractivity (Wildman–Crippen MR) is 80.2 cm³/mol. The van der Waals surface area contributed by atoms with Gasteiger partial charge < -0.3 is 9.84 Å². The maximum atomic E-state index is 10.5. The summed E-state index contributed by atoms with van der Waals surface area (Å²) in [6.45, 7) is 8.00. The van der Waals surface area contributed by atoms with Crippen molar-refractivity contribution < 1.29 is 9.84 Å². The molecule has 3 unspecified atom stereocenters. The summed E-state index contributed by atoms with van der Waals surface area (Å²) in [6, 6.07) is 4.93. The summed E-state index contributed by atoms with van der Waals surface area (Å²) in [5, 5.41) is 10.5. The molecule has 0 aliphatic carbocycles. The molecule has 1 fully saturated rings. The molecule has 3 atom stereocenters. The summed E-state index contributed by atoms with van der Waals surface area (Å²) in [5.41, 5.74) is 3.66. The van der Waals surface area contributed by atoms with Crippen molar-refractivity contribution in [2.45, 2.75) is 58.2 Å². The lowest BCUT2D eigenvalue weighted by Crippen LogP contribution is -2.48. The highest BCUT2D eigenvalue weighted by Crippen LogP contribution is 2.41. The molecule has 3 nitrogen and oxygen atoms in total. The Hall–Kier alpha value is -1.06. The van der Waals surface area contributed by atoms with E-state index in [1.54, 1.807) is 0 Å². The van der Waals surface area contributed by atoms with Crippen molar-refractivity contribution >= 4 is 0 Å². The zero-order valence-corrected chi connectivity index (χ0v) is 12.7. The Balaban J connectivity index is 2.03. The second kappa shape index (κ2) is 5.38. The molecular formula is C17H25NO2. The van der Waals surface area contributed by atoms with Crippen LogP contribution in [0.15, 0.2) is 12.1 Å². The van der Waals surface area contributed by atoms with Crippen LogP contribution in [-0.4, -0.2) is 35.3 Å². The van der Waals surface area contributed by atoms with Gasteiger partial charge in [0.25, 0.3) is 0 Å². The average molecular weight is 275 g/mol. The monoisotopic (exact) mass is 275 g/mol. The minimum absolute atomic E-state index is 0.0923. The number of aliphatic hydroxyl groups is 1. The van der Waals surface area contributed by atoms with Gasteiger partial charge in [0, 0.05) is 11.6 Å². The zero-order valence-electron chi connectivity index (χ0n) is 12.7. The number of hydrogen-bond donors (Lipinski definition) is 1. The van der Waals surface area contributed by atoms with E-state index in [1.807, 2.05) is 0 Å².